The van der Waals surface area contributed by atoms with E-state index in [0.717, 1.165) is 31.9 Å². The minimum Gasteiger partial charge on any atom is -1.00 e. The van der Waals surface area contributed by atoms with Crippen molar-refractivity contribution >= 4 is 27.3 Å². The number of carbonyl (C=O) groups excluding carboxylic acids is 1. The number of aromatic nitrogens is 1. The van der Waals surface area contributed by atoms with E-state index in [9.17, 15) is 13.2 Å². The summed E-state index contributed by atoms with van der Waals surface area (Å²) in [5.74, 6) is -0.0809. The maximum atomic E-state index is 12.7. The van der Waals surface area contributed by atoms with Crippen molar-refractivity contribution < 1.29 is 446 Å². The number of halogens is 91. The van der Waals surface area contributed by atoms with Gasteiger partial charge in [0.25, 0.3) is 5.91 Å². The van der Waals surface area contributed by atoms with Crippen molar-refractivity contribution in [2.75, 3.05) is 11.6 Å². The van der Waals surface area contributed by atoms with E-state index in [4.69, 9.17) is 4.84 Å². The van der Waals surface area contributed by atoms with Gasteiger partial charge in [-0.2, -0.15) is 0 Å². The number of anilines is 1. The highest BCUT2D eigenvalue weighted by atomic mass is 32.2. The van der Waals surface area contributed by atoms with Crippen LogP contribution in [0.2, 0.25) is 0 Å². The van der Waals surface area contributed by atoms with Gasteiger partial charge in [0.2, 0.25) is 0 Å². The van der Waals surface area contributed by atoms with Crippen molar-refractivity contribution in [2.45, 2.75) is 36.7 Å². The molecule has 1 aliphatic rings. The summed E-state index contributed by atoms with van der Waals surface area (Å²) in [6, 6.07) is 11.2. The predicted octanol–water partition coefficient (Wildman–Crippen LogP) is -270. The fourth-order valence-corrected chi connectivity index (χ4v) is 3.45. The Morgan fingerprint density at radius 1 is 0.271 bits per heavy atom. The molecular formula is C19H21F91N3O4S-91. The first-order valence-electron chi connectivity index (χ1n) is 8.70. The Hall–Kier alpha value is -9.11. The molecule has 0 saturated heterocycles. The van der Waals surface area contributed by atoms with Crippen LogP contribution in [0.5, 0.6) is 0 Å². The average molecular weight is 2120 g/mol. The molecule has 1 fully saturated rings. The predicted molar refractivity (Wildman–Crippen MR) is 102 cm³/mol. The zero-order valence-electron chi connectivity index (χ0n) is 49.4. The summed E-state index contributed by atoms with van der Waals surface area (Å²) in [6.07, 6.45) is 6.68. The molecule has 870 valence electrons. The molecule has 1 aromatic carbocycles. The van der Waals surface area contributed by atoms with E-state index in [-0.39, 0.29) is 445 Å². The van der Waals surface area contributed by atoms with Gasteiger partial charge in [-0.15, -0.1) is 0 Å². The number of nitrogens with zero attached hydrogens (tertiary/aromatic N) is 2. The molecule has 0 aliphatic heterocycles. The standard InChI is InChI=1S/C19H21N3O4S.91FH/c1-27(24,25)16-11-9-14(10-12-16)18(22-26-15-6-2-3-7-15)19(23)21-17-8-4-5-13-20-17;;;;;;;;;;;;;;;;;;;;;;;;;;;;;;;;;;;;;;;;;;;;;;;;;;;;;;;;;;;;;;;;;;;;;;;;;;;;;;;;;;;;;;;;;;;/h4-5,8-13,15H,2-3,6-7H2,1H3,(H,20,21,23);91*1H/p-91/b22-18+;;;;;;;;;;;;;;;;;;;;;;;;;;;;;;;;;;;;;;;;;;;;;;;;;;;;;;;;;;;;;;;;;;;;;;;;;;;;;;;;;;;;;;;;;;;. The van der Waals surface area contributed by atoms with Gasteiger partial charge in [-0.3, -0.25) is 4.79 Å². The van der Waals surface area contributed by atoms with Gasteiger partial charge < -0.3 is 438 Å². The number of hydrogen-bond acceptors (Lipinski definition) is 6. The third kappa shape index (κ3) is 792. The van der Waals surface area contributed by atoms with E-state index in [1.165, 1.54) is 12.1 Å². The number of oxime groups is 1. The molecule has 1 N–H and O–H groups in total. The molecule has 3 rings (SSSR count). The van der Waals surface area contributed by atoms with Crippen LogP contribution >= 0.6 is 0 Å². The van der Waals surface area contributed by atoms with Crippen LogP contribution in [0.3, 0.4) is 0 Å². The molecule has 1 heterocycles. The van der Waals surface area contributed by atoms with Crippen LogP contribution in [0.4, 0.5) is 5.82 Å². The number of pyridine rings is 1. The highest BCUT2D eigenvalue weighted by Crippen LogP contribution is 2.21. The Morgan fingerprint density at radius 3 is 0.568 bits per heavy atom. The highest BCUT2D eigenvalue weighted by Gasteiger charge is 2.20. The third-order valence-electron chi connectivity index (χ3n) is 4.27. The molecule has 1 amide bonds. The Bertz CT molecular complexity index is 1010. The maximum absolute atomic E-state index is 12.7. The molecule has 0 unspecified atom stereocenters. The van der Waals surface area contributed by atoms with Crippen molar-refractivity contribution in [1.29, 1.82) is 0 Å². The smallest absolute Gasteiger partial charge is 0.279 e. The summed E-state index contributed by atoms with van der Waals surface area (Å²) in [5.41, 5.74) is 0.543. The zero-order chi connectivity index (χ0) is 19.3. The second kappa shape index (κ2) is 1290. The number of benzene rings is 1. The van der Waals surface area contributed by atoms with Crippen LogP contribution in [0.15, 0.2) is 58.7 Å². The summed E-state index contributed by atoms with van der Waals surface area (Å²) >= 11 is 0. The van der Waals surface area contributed by atoms with Gasteiger partial charge in [0.05, 0.1) is 4.90 Å². The number of nitrogens with one attached hydrogen (secondary N) is 1. The number of hydrogen-bond donors (Lipinski definition) is 1. The minimum absolute atomic E-state index is 0. The lowest BCUT2D eigenvalue weighted by molar-refractivity contribution is -0.110. The zero-order valence-corrected chi connectivity index (χ0v) is 50.2. The van der Waals surface area contributed by atoms with Crippen molar-refractivity contribution in [1.82, 2.24) is 4.98 Å². The molecule has 0 spiro atoms. The van der Waals surface area contributed by atoms with Crippen LogP contribution in [-0.2, 0) is 19.5 Å². The number of rotatable bonds is 6. The molecule has 1 aliphatic carbocycles. The largest absolute Gasteiger partial charge is 1.00 e. The monoisotopic (exact) mass is 2120 g/mol. The van der Waals surface area contributed by atoms with E-state index < -0.39 is 15.7 Å². The molecule has 0 bridgehead atoms. The van der Waals surface area contributed by atoms with Gasteiger partial charge in [-0.05, 0) is 49.9 Å². The van der Waals surface area contributed by atoms with Gasteiger partial charge in [-0.1, -0.05) is 23.4 Å². The first-order chi connectivity index (χ1) is 12.9. The van der Waals surface area contributed by atoms with Crippen LogP contribution in [-0.4, -0.2) is 37.4 Å². The van der Waals surface area contributed by atoms with Gasteiger partial charge in [-0.25, -0.2) is 13.4 Å². The average Bonchev–Trinajstić information content (AvgIpc) is 3.16. The minimum atomic E-state index is -3.32. The summed E-state index contributed by atoms with van der Waals surface area (Å²) in [4.78, 5) is 22.5. The lowest BCUT2D eigenvalue weighted by Crippen LogP contribution is -3.00. The van der Waals surface area contributed by atoms with Crippen molar-refractivity contribution in [3.05, 3.63) is 54.2 Å². The van der Waals surface area contributed by atoms with Gasteiger partial charge in [0.1, 0.15) is 11.9 Å². The number of sulfone groups is 1. The second-order valence-electron chi connectivity index (χ2n) is 6.42. The van der Waals surface area contributed by atoms with Crippen LogP contribution in [0, 0.1) is 0 Å². The van der Waals surface area contributed by atoms with Gasteiger partial charge >= 0.3 is 0 Å². The first kappa shape index (κ1) is 3200. The highest BCUT2D eigenvalue weighted by molar-refractivity contribution is 7.90. The summed E-state index contributed by atoms with van der Waals surface area (Å²) in [6.45, 7) is 0. The topological polar surface area (TPSA) is 97.7 Å². The molecule has 1 aromatic heterocycles. The van der Waals surface area contributed by atoms with E-state index >= 15 is 0 Å². The van der Waals surface area contributed by atoms with Gasteiger partial charge in [0, 0.05) is 18.0 Å². The van der Waals surface area contributed by atoms with Crippen LogP contribution in [0.1, 0.15) is 31.2 Å². The fourth-order valence-electron chi connectivity index (χ4n) is 2.82. The van der Waals surface area contributed by atoms with Crippen LogP contribution in [0.25, 0.3) is 0 Å². The van der Waals surface area contributed by atoms with E-state index in [2.05, 4.69) is 15.5 Å². The number of amides is 1. The van der Waals surface area contributed by atoms with E-state index in [1.54, 1.807) is 36.5 Å². The summed E-state index contributed by atoms with van der Waals surface area (Å²) in [7, 11) is -3.32. The first-order valence-corrected chi connectivity index (χ1v) is 10.6. The molecule has 99 heteroatoms. The van der Waals surface area contributed by atoms with Gasteiger partial charge in [0.15, 0.2) is 15.5 Å². The molecular weight excluding hydrogens is 2100 g/mol. The quantitative estimate of drug-likeness (QED) is 0.177. The summed E-state index contributed by atoms with van der Waals surface area (Å²) < 4.78 is 23.3. The SMILES string of the molecule is CS(=O)(=O)c1ccc(/C(=N\OC2CCCC2)C(=O)Nc2ccccn2)cc1.[F-].[F-].[F-].[F-].[F-].[F-].[F-].[F-].[F-].[F-].[F-].[F-].[F-].[F-].[F-].[F-].[F-].[F-].[F-].[F-].[F-].[F-].[F-].[F-].[F-].[F-].[F-].[F-].[F-].[F-].[F-].[F-].[F-].[F-].[F-].[F-].[F-].[F-].[F-].[F-].[F-].[F-].[F-].[F-].[F-].[F-].[F-].[F-].[F-].[F-].[F-].[F-].[F-].[F-].[F-].[F-].[F-].[F-].[F-].[F-].[F-].[F-].[F-].[F-].[F-].[F-].[F-].[F-].[F-].[F-].[F-].[F-].[F-].[F-].[F-].[F-].[F-].[F-].[F-].[F-].[F-].[F-].[F-].[F-].[F-].[F-].[F-].[F-].[F-].[F-].[F-]. The maximum Gasteiger partial charge on any atom is 0.279 e. The molecule has 7 nitrogen and oxygen atoms in total. The normalized spacial score (nSPS) is 3.55. The lowest BCUT2D eigenvalue weighted by Gasteiger charge is -2.11. The van der Waals surface area contributed by atoms with E-state index in [0.29, 0.717) is 11.4 Å². The Morgan fingerprint density at radius 2 is 0.432 bits per heavy atom. The molecule has 0 radical (unpaired) electrons. The fraction of sp³-hybridized carbons (Fsp3) is 0.316. The van der Waals surface area contributed by atoms with Crippen molar-refractivity contribution in [2.24, 2.45) is 5.16 Å². The number of carbonyl (C=O) groups is 1. The third-order valence-corrected chi connectivity index (χ3v) is 5.40. The Labute approximate surface area is 588 Å². The summed E-state index contributed by atoms with van der Waals surface area (Å²) in [5, 5.41) is 6.77. The van der Waals surface area contributed by atoms with E-state index in [1.807, 2.05) is 0 Å². The van der Waals surface area contributed by atoms with Crippen molar-refractivity contribution in [3.63, 3.8) is 0 Å². The molecule has 0 atom stereocenters. The Balaban J connectivity index is -0.00000000106. The molecule has 1 saturated carbocycles. The van der Waals surface area contributed by atoms with Crippen molar-refractivity contribution in [3.8, 4) is 0 Å². The lowest BCUT2D eigenvalue weighted by atomic mass is 10.1. The molecule has 118 heavy (non-hydrogen) atoms. The second-order valence-corrected chi connectivity index (χ2v) is 8.43. The van der Waals surface area contributed by atoms with Crippen LogP contribution < -0.4 is 433 Å². The molecule has 2 aromatic rings. The Kier molecular flexibility index (Phi) is 35100.